The lowest BCUT2D eigenvalue weighted by atomic mass is 10.0. The van der Waals surface area contributed by atoms with Crippen LogP contribution >= 0.6 is 0 Å². The fourth-order valence-electron chi connectivity index (χ4n) is 2.24. The highest BCUT2D eigenvalue weighted by atomic mass is 16.5. The summed E-state index contributed by atoms with van der Waals surface area (Å²) >= 11 is 0. The third-order valence-corrected chi connectivity index (χ3v) is 3.29. The first-order valence-electron chi connectivity index (χ1n) is 7.04. The number of methoxy groups -OCH3 is 2. The van der Waals surface area contributed by atoms with E-state index in [9.17, 15) is 9.59 Å². The van der Waals surface area contributed by atoms with Gasteiger partial charge in [0.2, 0.25) is 5.56 Å². The Morgan fingerprint density at radius 1 is 1.32 bits per heavy atom. The molecule has 2 N–H and O–H groups in total. The van der Waals surface area contributed by atoms with E-state index >= 15 is 0 Å². The fraction of sp³-hybridized carbons (Fsp3) is 0.375. The maximum Gasteiger partial charge on any atom is 0.343 e. The van der Waals surface area contributed by atoms with Gasteiger partial charge in [0.15, 0.2) is 0 Å². The molecule has 1 heterocycles. The molecule has 0 aliphatic carbocycles. The molecule has 0 atom stereocenters. The first-order valence-corrected chi connectivity index (χ1v) is 7.04. The molecule has 0 saturated heterocycles. The molecule has 1 aromatic heterocycles. The number of aromatic nitrogens is 1. The molecule has 6 nitrogen and oxygen atoms in total. The van der Waals surface area contributed by atoms with Crippen LogP contribution in [0.2, 0.25) is 0 Å². The van der Waals surface area contributed by atoms with Crippen LogP contribution in [0.25, 0.3) is 10.9 Å². The van der Waals surface area contributed by atoms with Crippen molar-refractivity contribution >= 4 is 22.6 Å². The van der Waals surface area contributed by atoms with Crippen molar-refractivity contribution in [3.8, 4) is 5.75 Å². The van der Waals surface area contributed by atoms with Gasteiger partial charge in [-0.1, -0.05) is 13.8 Å². The third kappa shape index (κ3) is 3.05. The van der Waals surface area contributed by atoms with Gasteiger partial charge in [0.05, 0.1) is 25.4 Å². The summed E-state index contributed by atoms with van der Waals surface area (Å²) in [4.78, 5) is 26.4. The molecule has 0 unspecified atom stereocenters. The van der Waals surface area contributed by atoms with E-state index in [0.717, 1.165) is 5.39 Å². The molecule has 0 spiro atoms. The van der Waals surface area contributed by atoms with Gasteiger partial charge in [-0.25, -0.2) is 4.79 Å². The molecule has 0 aliphatic rings. The van der Waals surface area contributed by atoms with Crippen LogP contribution in [0.15, 0.2) is 23.0 Å². The van der Waals surface area contributed by atoms with Crippen molar-refractivity contribution < 1.29 is 14.3 Å². The van der Waals surface area contributed by atoms with Gasteiger partial charge in [0.25, 0.3) is 0 Å². The number of benzene rings is 1. The summed E-state index contributed by atoms with van der Waals surface area (Å²) < 4.78 is 10.2. The molecule has 0 saturated carbocycles. The van der Waals surface area contributed by atoms with Crippen molar-refractivity contribution in [2.75, 3.05) is 26.1 Å². The summed E-state index contributed by atoms with van der Waals surface area (Å²) in [6.45, 7) is 4.80. The molecule has 22 heavy (non-hydrogen) atoms. The van der Waals surface area contributed by atoms with Crippen LogP contribution in [0.5, 0.6) is 5.75 Å². The van der Waals surface area contributed by atoms with E-state index in [1.807, 2.05) is 0 Å². The Bertz CT molecular complexity index is 750. The van der Waals surface area contributed by atoms with E-state index in [4.69, 9.17) is 9.47 Å². The van der Waals surface area contributed by atoms with E-state index in [1.54, 1.807) is 12.1 Å². The van der Waals surface area contributed by atoms with Gasteiger partial charge >= 0.3 is 5.97 Å². The van der Waals surface area contributed by atoms with Gasteiger partial charge in [-0.2, -0.15) is 0 Å². The quantitative estimate of drug-likeness (QED) is 0.829. The third-order valence-electron chi connectivity index (χ3n) is 3.29. The Kier molecular flexibility index (Phi) is 4.70. The minimum atomic E-state index is -0.490. The summed E-state index contributed by atoms with van der Waals surface area (Å²) in [5.41, 5.74) is 1.31. The van der Waals surface area contributed by atoms with E-state index in [2.05, 4.69) is 24.1 Å². The van der Waals surface area contributed by atoms with Crippen molar-refractivity contribution in [3.63, 3.8) is 0 Å². The smallest absolute Gasteiger partial charge is 0.343 e. The molecule has 0 aliphatic heterocycles. The molecule has 118 valence electrons. The Balaban J connectivity index is 2.75. The lowest BCUT2D eigenvalue weighted by Crippen LogP contribution is -2.15. The summed E-state index contributed by atoms with van der Waals surface area (Å²) in [5.74, 6) is 0.248. The Morgan fingerprint density at radius 2 is 2.05 bits per heavy atom. The molecule has 1 aromatic carbocycles. The molecular weight excluding hydrogens is 284 g/mol. The topological polar surface area (TPSA) is 80.4 Å². The lowest BCUT2D eigenvalue weighted by molar-refractivity contribution is 0.0598. The average Bonchev–Trinajstić information content (AvgIpc) is 2.50. The molecule has 0 bridgehead atoms. The van der Waals surface area contributed by atoms with Crippen LogP contribution in [-0.4, -0.2) is 31.7 Å². The van der Waals surface area contributed by atoms with Crippen LogP contribution in [0, 0.1) is 5.92 Å². The second-order valence-corrected chi connectivity index (χ2v) is 5.38. The zero-order chi connectivity index (χ0) is 16.3. The van der Waals surface area contributed by atoms with E-state index in [0.29, 0.717) is 35.0 Å². The number of hydrogen-bond acceptors (Lipinski definition) is 5. The van der Waals surface area contributed by atoms with Crippen LogP contribution < -0.4 is 15.6 Å². The molecular formula is C16H20N2O4. The van der Waals surface area contributed by atoms with E-state index in [1.165, 1.54) is 20.3 Å². The number of fused-ring (bicyclic) bond motifs is 1. The highest BCUT2D eigenvalue weighted by molar-refractivity contribution is 6.08. The molecule has 2 rings (SSSR count). The van der Waals surface area contributed by atoms with Gasteiger partial charge in [-0.3, -0.25) is 4.79 Å². The summed E-state index contributed by atoms with van der Waals surface area (Å²) in [5, 5.41) is 4.00. The van der Waals surface area contributed by atoms with Crippen molar-refractivity contribution in [2.24, 2.45) is 5.92 Å². The predicted molar refractivity (Wildman–Crippen MR) is 85.8 cm³/mol. The molecule has 0 amide bonds. The summed E-state index contributed by atoms with van der Waals surface area (Å²) in [7, 11) is 2.80. The molecule has 6 heteroatoms. The maximum absolute atomic E-state index is 12.2. The van der Waals surface area contributed by atoms with Crippen LogP contribution in [0.4, 0.5) is 5.69 Å². The second kappa shape index (κ2) is 6.51. The average molecular weight is 304 g/mol. The van der Waals surface area contributed by atoms with Crippen molar-refractivity contribution in [3.05, 3.63) is 34.1 Å². The molecule has 0 radical (unpaired) electrons. The number of carbonyl (C=O) groups excluding carboxylic acids is 1. The number of rotatable bonds is 5. The lowest BCUT2D eigenvalue weighted by Gasteiger charge is -2.18. The predicted octanol–water partition coefficient (Wildman–Crippen LogP) is 2.39. The Labute approximate surface area is 128 Å². The summed E-state index contributed by atoms with van der Waals surface area (Å²) in [6, 6.07) is 4.74. The van der Waals surface area contributed by atoms with Crippen LogP contribution in [-0.2, 0) is 4.74 Å². The van der Waals surface area contributed by atoms with Crippen molar-refractivity contribution in [1.29, 1.82) is 0 Å². The monoisotopic (exact) mass is 304 g/mol. The number of H-pyrrole nitrogens is 1. The van der Waals surface area contributed by atoms with Gasteiger partial charge in [-0.05, 0) is 12.0 Å². The van der Waals surface area contributed by atoms with Gasteiger partial charge < -0.3 is 19.8 Å². The number of anilines is 1. The van der Waals surface area contributed by atoms with Crippen LogP contribution in [0.3, 0.4) is 0 Å². The molecule has 0 fully saturated rings. The number of hydrogen-bond donors (Lipinski definition) is 2. The molecule has 2 aromatic rings. The van der Waals surface area contributed by atoms with E-state index in [-0.39, 0.29) is 5.56 Å². The van der Waals surface area contributed by atoms with Crippen molar-refractivity contribution in [1.82, 2.24) is 4.98 Å². The number of ether oxygens (including phenoxy) is 2. The fourth-order valence-corrected chi connectivity index (χ4v) is 2.24. The highest BCUT2D eigenvalue weighted by Crippen LogP contribution is 2.34. The number of carbonyl (C=O) groups is 1. The zero-order valence-corrected chi connectivity index (χ0v) is 13.1. The van der Waals surface area contributed by atoms with Crippen molar-refractivity contribution in [2.45, 2.75) is 13.8 Å². The van der Waals surface area contributed by atoms with Gasteiger partial charge in [0.1, 0.15) is 11.3 Å². The number of esters is 1. The van der Waals surface area contributed by atoms with Gasteiger partial charge in [-0.15, -0.1) is 0 Å². The Morgan fingerprint density at radius 3 is 2.64 bits per heavy atom. The first-order chi connectivity index (χ1) is 10.5. The number of nitrogens with one attached hydrogen (secondary N) is 2. The van der Waals surface area contributed by atoms with Gasteiger partial charge in [0, 0.05) is 24.1 Å². The second-order valence-electron chi connectivity index (χ2n) is 5.38. The SMILES string of the molecule is COC(=O)c1c(OC)cc2[nH]c(=O)ccc2c1NCC(C)C. The standard InChI is InChI=1S/C16H20N2O4/c1-9(2)8-17-15-10-5-6-13(19)18-11(10)7-12(21-3)14(15)16(20)22-4/h5-7,9,17H,8H2,1-4H3,(H,18,19). The number of pyridine rings is 1. The first kappa shape index (κ1) is 15.9. The zero-order valence-electron chi connectivity index (χ0n) is 13.1. The minimum Gasteiger partial charge on any atom is -0.496 e. The Hall–Kier alpha value is -2.50. The number of aromatic amines is 1. The summed E-state index contributed by atoms with van der Waals surface area (Å²) in [6.07, 6.45) is 0. The van der Waals surface area contributed by atoms with Crippen LogP contribution in [0.1, 0.15) is 24.2 Å². The largest absolute Gasteiger partial charge is 0.496 e. The maximum atomic E-state index is 12.2. The van der Waals surface area contributed by atoms with E-state index < -0.39 is 5.97 Å². The normalized spacial score (nSPS) is 10.8. The minimum absolute atomic E-state index is 0.213. The highest BCUT2D eigenvalue weighted by Gasteiger charge is 2.21.